The highest BCUT2D eigenvalue weighted by atomic mass is 16.5. The van der Waals surface area contributed by atoms with E-state index in [2.05, 4.69) is 22.3 Å². The predicted molar refractivity (Wildman–Crippen MR) is 119 cm³/mol. The molecule has 3 heterocycles. The monoisotopic (exact) mass is 424 g/mol. The summed E-state index contributed by atoms with van der Waals surface area (Å²) in [6.07, 6.45) is 4.70. The van der Waals surface area contributed by atoms with E-state index in [1.54, 1.807) is 38.1 Å². The Hall–Kier alpha value is -2.67. The number of amides is 2. The zero-order valence-corrected chi connectivity index (χ0v) is 18.7. The summed E-state index contributed by atoms with van der Waals surface area (Å²) >= 11 is 0. The van der Waals surface area contributed by atoms with Crippen LogP contribution in [0.1, 0.15) is 64.8 Å². The number of nitrogens with one attached hydrogen (secondary N) is 1. The molecule has 2 amide bonds. The van der Waals surface area contributed by atoms with Gasteiger partial charge in [-0.1, -0.05) is 12.1 Å². The van der Waals surface area contributed by atoms with Crippen molar-refractivity contribution >= 4 is 17.5 Å². The van der Waals surface area contributed by atoms with Crippen LogP contribution in [0, 0.1) is 19.8 Å². The van der Waals surface area contributed by atoms with Gasteiger partial charge in [0.2, 0.25) is 0 Å². The number of likely N-dealkylation sites (tertiary alicyclic amines) is 2. The first kappa shape index (κ1) is 21.6. The average molecular weight is 425 g/mol. The maximum absolute atomic E-state index is 13.0. The van der Waals surface area contributed by atoms with Crippen molar-refractivity contribution in [1.82, 2.24) is 15.0 Å². The zero-order chi connectivity index (χ0) is 22.0. The van der Waals surface area contributed by atoms with Crippen LogP contribution in [0.4, 0.5) is 5.69 Å². The lowest BCUT2D eigenvalue weighted by molar-refractivity contribution is 0.0541. The van der Waals surface area contributed by atoms with Gasteiger partial charge in [0.15, 0.2) is 5.76 Å². The van der Waals surface area contributed by atoms with Crippen LogP contribution in [-0.2, 0) is 0 Å². The van der Waals surface area contributed by atoms with Gasteiger partial charge in [-0.15, -0.1) is 0 Å². The number of hydrogen-bond donors (Lipinski definition) is 1. The summed E-state index contributed by atoms with van der Waals surface area (Å²) in [4.78, 5) is 30.1. The Morgan fingerprint density at radius 3 is 2.32 bits per heavy atom. The number of rotatable bonds is 4. The highest BCUT2D eigenvalue weighted by Crippen LogP contribution is 2.24. The maximum atomic E-state index is 13.0. The number of hydrogen-bond acceptors (Lipinski definition) is 5. The lowest BCUT2D eigenvalue weighted by Crippen LogP contribution is -2.49. The Kier molecular flexibility index (Phi) is 6.41. The van der Waals surface area contributed by atoms with Crippen LogP contribution in [0.2, 0.25) is 0 Å². The van der Waals surface area contributed by atoms with Crippen molar-refractivity contribution in [3.63, 3.8) is 0 Å². The molecule has 2 saturated heterocycles. The Morgan fingerprint density at radius 1 is 1.03 bits per heavy atom. The fraction of sp³-hybridized carbons (Fsp3) is 0.542. The number of aromatic nitrogens is 1. The van der Waals surface area contributed by atoms with Gasteiger partial charge in [-0.25, -0.2) is 0 Å². The van der Waals surface area contributed by atoms with Gasteiger partial charge in [0.25, 0.3) is 11.8 Å². The molecule has 4 rings (SSSR count). The number of carbonyl (C=O) groups excluding carboxylic acids is 2. The van der Waals surface area contributed by atoms with E-state index in [0.29, 0.717) is 34.3 Å². The van der Waals surface area contributed by atoms with Crippen molar-refractivity contribution in [2.24, 2.45) is 5.92 Å². The molecule has 2 aromatic rings. The number of anilines is 1. The molecular formula is C24H32N4O3. The van der Waals surface area contributed by atoms with Gasteiger partial charge in [0.05, 0.1) is 0 Å². The average Bonchev–Trinajstić information content (AvgIpc) is 3.11. The van der Waals surface area contributed by atoms with Crippen LogP contribution in [0.5, 0.6) is 0 Å². The lowest BCUT2D eigenvalue weighted by Gasteiger charge is -2.41. The van der Waals surface area contributed by atoms with Crippen molar-refractivity contribution in [2.45, 2.75) is 52.5 Å². The van der Waals surface area contributed by atoms with Crippen molar-refractivity contribution in [2.75, 3.05) is 31.5 Å². The second kappa shape index (κ2) is 9.22. The molecule has 0 bridgehead atoms. The van der Waals surface area contributed by atoms with Crippen LogP contribution in [-0.4, -0.2) is 59.0 Å². The molecule has 1 atom stereocenters. The van der Waals surface area contributed by atoms with Gasteiger partial charge in [0.1, 0.15) is 11.4 Å². The van der Waals surface area contributed by atoms with Gasteiger partial charge < -0.3 is 14.7 Å². The van der Waals surface area contributed by atoms with Gasteiger partial charge >= 0.3 is 0 Å². The Labute approximate surface area is 183 Å². The minimum Gasteiger partial charge on any atom is -0.359 e. The van der Waals surface area contributed by atoms with E-state index in [1.165, 1.54) is 25.9 Å². The molecule has 1 N–H and O–H groups in total. The fourth-order valence-electron chi connectivity index (χ4n) is 4.79. The molecular weight excluding hydrogens is 392 g/mol. The molecule has 2 fully saturated rings. The maximum Gasteiger partial charge on any atom is 0.255 e. The third-order valence-electron chi connectivity index (χ3n) is 6.62. The van der Waals surface area contributed by atoms with Crippen molar-refractivity contribution < 1.29 is 14.1 Å². The number of aryl methyl sites for hydroxylation is 2. The fourth-order valence-corrected chi connectivity index (χ4v) is 4.79. The van der Waals surface area contributed by atoms with Gasteiger partial charge in [-0.2, -0.15) is 0 Å². The van der Waals surface area contributed by atoms with E-state index >= 15 is 0 Å². The van der Waals surface area contributed by atoms with Crippen LogP contribution < -0.4 is 5.32 Å². The van der Waals surface area contributed by atoms with Crippen LogP contribution in [0.25, 0.3) is 0 Å². The van der Waals surface area contributed by atoms with Gasteiger partial charge in [-0.3, -0.25) is 14.5 Å². The number of nitrogens with zero attached hydrogens (tertiary/aromatic N) is 3. The third-order valence-corrected chi connectivity index (χ3v) is 6.62. The summed E-state index contributed by atoms with van der Waals surface area (Å²) < 4.78 is 5.08. The van der Waals surface area contributed by atoms with E-state index < -0.39 is 0 Å². The number of benzene rings is 1. The van der Waals surface area contributed by atoms with E-state index in [4.69, 9.17) is 4.52 Å². The normalized spacial score (nSPS) is 20.6. The second-order valence-corrected chi connectivity index (χ2v) is 9.00. The molecule has 2 aliphatic rings. The molecule has 0 saturated carbocycles. The first-order valence-corrected chi connectivity index (χ1v) is 11.3. The van der Waals surface area contributed by atoms with Crippen molar-refractivity contribution in [1.29, 1.82) is 0 Å². The number of carbonyl (C=O) groups is 2. The van der Waals surface area contributed by atoms with Crippen molar-refractivity contribution in [3.05, 3.63) is 46.8 Å². The highest BCUT2D eigenvalue weighted by molar-refractivity contribution is 6.05. The second-order valence-electron chi connectivity index (χ2n) is 9.00. The first-order valence-electron chi connectivity index (χ1n) is 11.3. The SMILES string of the molecule is Cc1noc(C)c1NC(=O)c1ccc(C(=O)N2CCC(N3CCCC(C)C3)CC2)cc1. The van der Waals surface area contributed by atoms with E-state index in [9.17, 15) is 9.59 Å². The topological polar surface area (TPSA) is 78.7 Å². The van der Waals surface area contributed by atoms with Gasteiger partial charge in [0, 0.05) is 36.8 Å². The largest absolute Gasteiger partial charge is 0.359 e. The standard InChI is InChI=1S/C24H32N4O3/c1-16-5-4-12-28(15-16)21-10-13-27(14-11-21)24(30)20-8-6-19(7-9-20)23(29)25-22-17(2)26-31-18(22)3/h6-9,16,21H,4-5,10-15H2,1-3H3,(H,25,29). The third kappa shape index (κ3) is 4.82. The summed E-state index contributed by atoms with van der Waals surface area (Å²) in [5.41, 5.74) is 2.35. The summed E-state index contributed by atoms with van der Waals surface area (Å²) in [5.74, 6) is 1.15. The molecule has 1 unspecified atom stereocenters. The summed E-state index contributed by atoms with van der Waals surface area (Å²) in [6.45, 7) is 9.85. The minimum atomic E-state index is -0.245. The quantitative estimate of drug-likeness (QED) is 0.806. The summed E-state index contributed by atoms with van der Waals surface area (Å²) in [6, 6.07) is 7.47. The van der Waals surface area contributed by atoms with E-state index in [-0.39, 0.29) is 11.8 Å². The van der Waals surface area contributed by atoms with Crippen LogP contribution in [0.3, 0.4) is 0 Å². The molecule has 2 aliphatic heterocycles. The summed E-state index contributed by atoms with van der Waals surface area (Å²) in [5, 5.41) is 6.68. The molecule has 31 heavy (non-hydrogen) atoms. The molecule has 0 spiro atoms. The predicted octanol–water partition coefficient (Wildman–Crippen LogP) is 3.88. The lowest BCUT2D eigenvalue weighted by atomic mass is 9.95. The van der Waals surface area contributed by atoms with Gasteiger partial charge in [-0.05, 0) is 76.3 Å². The molecule has 7 heteroatoms. The van der Waals surface area contributed by atoms with E-state index in [0.717, 1.165) is 31.8 Å². The van der Waals surface area contributed by atoms with Crippen molar-refractivity contribution in [3.8, 4) is 0 Å². The molecule has 0 radical (unpaired) electrons. The van der Waals surface area contributed by atoms with E-state index in [1.807, 2.05) is 4.90 Å². The highest BCUT2D eigenvalue weighted by Gasteiger charge is 2.29. The zero-order valence-electron chi connectivity index (χ0n) is 18.7. The molecule has 0 aliphatic carbocycles. The Balaban J connectivity index is 1.33. The summed E-state index contributed by atoms with van der Waals surface area (Å²) in [7, 11) is 0. The minimum absolute atomic E-state index is 0.0446. The smallest absolute Gasteiger partial charge is 0.255 e. The molecule has 1 aromatic carbocycles. The molecule has 1 aromatic heterocycles. The number of piperidine rings is 2. The Bertz CT molecular complexity index is 909. The molecule has 166 valence electrons. The Morgan fingerprint density at radius 2 is 1.71 bits per heavy atom. The van der Waals surface area contributed by atoms with Crippen LogP contribution in [0.15, 0.2) is 28.8 Å². The molecule has 7 nitrogen and oxygen atoms in total. The van der Waals surface area contributed by atoms with Crippen LogP contribution >= 0.6 is 0 Å². The first-order chi connectivity index (χ1) is 14.9.